The van der Waals surface area contributed by atoms with Crippen LogP contribution in [0.4, 0.5) is 34.1 Å². The Morgan fingerprint density at radius 1 is 0.165 bits per heavy atom. The van der Waals surface area contributed by atoms with Gasteiger partial charge in [-0.05, 0) is 183 Å². The van der Waals surface area contributed by atoms with Gasteiger partial charge in [-0.1, -0.05) is 261 Å². The van der Waals surface area contributed by atoms with Crippen molar-refractivity contribution in [1.29, 1.82) is 0 Å². The fraction of sp³-hybridized carbons (Fsp3) is 0. The average Bonchev–Trinajstić information content (AvgIpc) is 1.55. The van der Waals surface area contributed by atoms with Crippen molar-refractivity contribution >= 4 is 144 Å². The summed E-state index contributed by atoms with van der Waals surface area (Å²) >= 11 is 0. The maximum atomic E-state index is 2.60. The Kier molecular flexibility index (Phi) is 13.5. The maximum Gasteiger partial charge on any atom is 0.252 e. The number of hydrogen-bond donors (Lipinski definition) is 0. The van der Waals surface area contributed by atoms with E-state index < -0.39 is 0 Å². The second kappa shape index (κ2) is 24.1. The van der Waals surface area contributed by atoms with E-state index >= 15 is 0 Å². The molecule has 506 valence electrons. The van der Waals surface area contributed by atoms with Gasteiger partial charge in [-0.3, -0.25) is 0 Å². The van der Waals surface area contributed by atoms with Crippen LogP contribution in [0, 0.1) is 0 Å². The molecule has 17 aromatic carbocycles. The summed E-state index contributed by atoms with van der Waals surface area (Å²) in [5, 5.41) is 9.93. The van der Waals surface area contributed by atoms with Crippen molar-refractivity contribution in [3.05, 3.63) is 394 Å². The SMILES string of the molecule is c1cc(-c2ccc(-n3c4ccccc4c4ccccc43)cc2)cc(-c2ccccc2N2c3cc(-n4c5ccccc5c5ccccc54)ccc3B3c4ccc(-n5c6ccccc6c6ccccc65)cc4N(c4ccccc4-c4cccc(-c5ccc(-n6c7ccccc7c7ccccc76)cc5)c4)c4cccc2c43)c1. The van der Waals surface area contributed by atoms with Crippen LogP contribution in [0.25, 0.3) is 154 Å². The lowest BCUT2D eigenvalue weighted by atomic mass is 9.33. The fourth-order valence-corrected chi connectivity index (χ4v) is 18.7. The van der Waals surface area contributed by atoms with E-state index in [0.29, 0.717) is 0 Å². The zero-order valence-corrected chi connectivity index (χ0v) is 59.3. The predicted octanol–water partition coefficient (Wildman–Crippen LogP) is 24.8. The second-order valence-corrected chi connectivity index (χ2v) is 29.1. The third kappa shape index (κ3) is 9.24. The van der Waals surface area contributed by atoms with Crippen molar-refractivity contribution in [2.45, 2.75) is 0 Å². The lowest BCUT2D eigenvalue weighted by Gasteiger charge is -2.45. The molecule has 6 nitrogen and oxygen atoms in total. The third-order valence-corrected chi connectivity index (χ3v) is 23.4. The number of fused-ring (bicyclic) bond motifs is 16. The summed E-state index contributed by atoms with van der Waals surface area (Å²) in [6, 6.07) is 147. The smallest absolute Gasteiger partial charge is 0.252 e. The molecule has 4 aromatic heterocycles. The molecule has 0 spiro atoms. The van der Waals surface area contributed by atoms with Gasteiger partial charge in [-0.2, -0.15) is 0 Å². The summed E-state index contributed by atoms with van der Waals surface area (Å²) in [6.45, 7) is -0.176. The number of anilines is 6. The standard InChI is InChI=1S/C102H65BN6/c1-11-38-88(76(28-1)70-26-21-24-68(62-70)66-50-54-72(55-51-66)104-90-40-13-3-30-78(90)79-31-4-14-41-91(79)104)108-98-48-23-49-99-102(98)103(86-60-58-74(64-100(86)108)106-94-44-17-7-34-82(94)83-35-8-18-45-95(83)106)87-61-59-75(107-96-46-19-9-36-84(96)85-37-10-20-47-97(85)107)65-101(87)109(99)89-39-12-2-29-77(89)71-27-22-25-69(63-71)67-52-56-73(57-53-67)105-92-42-15-5-32-80(92)81-33-6-16-43-93(81)105/h1-65H. The van der Waals surface area contributed by atoms with Crippen molar-refractivity contribution in [1.82, 2.24) is 18.3 Å². The van der Waals surface area contributed by atoms with Gasteiger partial charge in [0.2, 0.25) is 0 Å². The Balaban J connectivity index is 0.716. The number of nitrogens with zero attached hydrogens (tertiary/aromatic N) is 6. The summed E-state index contributed by atoms with van der Waals surface area (Å²) in [4.78, 5) is 5.20. The lowest BCUT2D eigenvalue weighted by Crippen LogP contribution is -2.61. The molecule has 0 saturated heterocycles. The van der Waals surface area contributed by atoms with Crippen LogP contribution in [0.3, 0.4) is 0 Å². The Bertz CT molecular complexity index is 6690. The van der Waals surface area contributed by atoms with Crippen LogP contribution in [0.1, 0.15) is 0 Å². The average molecular weight is 1390 g/mol. The molecule has 0 aliphatic carbocycles. The van der Waals surface area contributed by atoms with Crippen molar-refractivity contribution in [3.8, 4) is 67.3 Å². The minimum absolute atomic E-state index is 0.176. The Morgan fingerprint density at radius 2 is 0.422 bits per heavy atom. The quantitative estimate of drug-likeness (QED) is 0.128. The molecule has 109 heavy (non-hydrogen) atoms. The van der Waals surface area contributed by atoms with Gasteiger partial charge in [0.25, 0.3) is 6.71 Å². The van der Waals surface area contributed by atoms with E-state index in [4.69, 9.17) is 0 Å². The first-order chi connectivity index (χ1) is 54.1. The normalized spacial score (nSPS) is 12.5. The number of benzene rings is 17. The minimum Gasteiger partial charge on any atom is -0.311 e. The monoisotopic (exact) mass is 1380 g/mol. The number of para-hydroxylation sites is 10. The molecule has 0 unspecified atom stereocenters. The summed E-state index contributed by atoms with van der Waals surface area (Å²) < 4.78 is 9.73. The van der Waals surface area contributed by atoms with E-state index in [2.05, 4.69) is 422 Å². The van der Waals surface area contributed by atoms with E-state index in [0.717, 1.165) is 101 Å². The summed E-state index contributed by atoms with van der Waals surface area (Å²) in [5.41, 5.74) is 33.5. The Hall–Kier alpha value is -14.4. The van der Waals surface area contributed by atoms with Gasteiger partial charge in [-0.25, -0.2) is 0 Å². The van der Waals surface area contributed by atoms with Crippen LogP contribution in [0.5, 0.6) is 0 Å². The van der Waals surface area contributed by atoms with Gasteiger partial charge < -0.3 is 28.1 Å². The summed E-state index contributed by atoms with van der Waals surface area (Å²) in [7, 11) is 0. The highest BCUT2D eigenvalue weighted by atomic mass is 15.2. The first-order valence-electron chi connectivity index (χ1n) is 37.7. The molecular formula is C102H65BN6. The maximum absolute atomic E-state index is 2.60. The molecule has 0 amide bonds. The van der Waals surface area contributed by atoms with Gasteiger partial charge in [0.15, 0.2) is 0 Å². The van der Waals surface area contributed by atoms with Crippen molar-refractivity contribution in [2.75, 3.05) is 9.80 Å². The third-order valence-electron chi connectivity index (χ3n) is 23.4. The largest absolute Gasteiger partial charge is 0.311 e. The highest BCUT2D eigenvalue weighted by Crippen LogP contribution is 2.50. The number of rotatable bonds is 10. The molecule has 0 bridgehead atoms. The molecule has 0 saturated carbocycles. The van der Waals surface area contributed by atoms with Crippen LogP contribution in [-0.2, 0) is 0 Å². The zero-order valence-electron chi connectivity index (χ0n) is 59.3. The van der Waals surface area contributed by atoms with E-state index in [9.17, 15) is 0 Å². The Morgan fingerprint density at radius 3 is 0.752 bits per heavy atom. The van der Waals surface area contributed by atoms with Crippen molar-refractivity contribution < 1.29 is 0 Å². The van der Waals surface area contributed by atoms with Gasteiger partial charge in [0.05, 0.1) is 55.5 Å². The van der Waals surface area contributed by atoms with E-state index in [1.165, 1.54) is 104 Å². The highest BCUT2D eigenvalue weighted by Gasteiger charge is 2.44. The fourth-order valence-electron chi connectivity index (χ4n) is 18.7. The van der Waals surface area contributed by atoms with Crippen LogP contribution >= 0.6 is 0 Å². The zero-order chi connectivity index (χ0) is 71.4. The van der Waals surface area contributed by atoms with Crippen LogP contribution in [0.2, 0.25) is 0 Å². The molecule has 23 rings (SSSR count). The second-order valence-electron chi connectivity index (χ2n) is 29.1. The molecule has 0 atom stereocenters. The van der Waals surface area contributed by atoms with Crippen molar-refractivity contribution in [3.63, 3.8) is 0 Å². The molecule has 2 aliphatic rings. The predicted molar refractivity (Wildman–Crippen MR) is 460 cm³/mol. The van der Waals surface area contributed by atoms with Crippen LogP contribution < -0.4 is 26.2 Å². The van der Waals surface area contributed by atoms with E-state index in [1.54, 1.807) is 0 Å². The van der Waals surface area contributed by atoms with E-state index in [1.807, 2.05) is 0 Å². The van der Waals surface area contributed by atoms with Gasteiger partial charge in [0.1, 0.15) is 0 Å². The number of aromatic nitrogens is 4. The van der Waals surface area contributed by atoms with Gasteiger partial charge in [0, 0.05) is 99.7 Å². The molecule has 0 fully saturated rings. The van der Waals surface area contributed by atoms with Gasteiger partial charge in [-0.15, -0.1) is 0 Å². The molecule has 0 N–H and O–H groups in total. The molecule has 2 aliphatic heterocycles. The molecular weight excluding hydrogens is 1320 g/mol. The summed E-state index contributed by atoms with van der Waals surface area (Å²) in [5.74, 6) is 0. The highest BCUT2D eigenvalue weighted by molar-refractivity contribution is 7.00. The van der Waals surface area contributed by atoms with E-state index in [-0.39, 0.29) is 6.71 Å². The van der Waals surface area contributed by atoms with Crippen LogP contribution in [0.15, 0.2) is 394 Å². The lowest BCUT2D eigenvalue weighted by molar-refractivity contribution is 1.17. The molecule has 0 radical (unpaired) electrons. The first-order valence-corrected chi connectivity index (χ1v) is 37.7. The summed E-state index contributed by atoms with van der Waals surface area (Å²) in [6.07, 6.45) is 0. The topological polar surface area (TPSA) is 26.2 Å². The van der Waals surface area contributed by atoms with Crippen LogP contribution in [-0.4, -0.2) is 25.0 Å². The number of hydrogen-bond acceptors (Lipinski definition) is 2. The van der Waals surface area contributed by atoms with Gasteiger partial charge >= 0.3 is 0 Å². The minimum atomic E-state index is -0.176. The Labute approximate surface area is 630 Å². The molecule has 6 heterocycles. The molecule has 21 aromatic rings. The van der Waals surface area contributed by atoms with Crippen molar-refractivity contribution in [2.24, 2.45) is 0 Å². The molecule has 7 heteroatoms. The first kappa shape index (κ1) is 61.0.